The Morgan fingerprint density at radius 3 is 2.38 bits per heavy atom. The van der Waals surface area contributed by atoms with E-state index in [0.29, 0.717) is 17.0 Å². The molecule has 1 aliphatic rings. The van der Waals surface area contributed by atoms with Gasteiger partial charge in [0.25, 0.3) is 10.0 Å². The van der Waals surface area contributed by atoms with Crippen molar-refractivity contribution in [3.63, 3.8) is 0 Å². The van der Waals surface area contributed by atoms with Gasteiger partial charge in [0.1, 0.15) is 5.82 Å². The van der Waals surface area contributed by atoms with Crippen LogP contribution in [0, 0.1) is 12.7 Å². The molecule has 0 spiro atoms. The molecule has 1 aliphatic heterocycles. The van der Waals surface area contributed by atoms with Gasteiger partial charge in [-0.2, -0.15) is 17.9 Å². The molecule has 3 aromatic rings. The second-order valence-electron chi connectivity index (χ2n) is 7.97. The van der Waals surface area contributed by atoms with Crippen LogP contribution in [0.4, 0.5) is 10.1 Å². The maximum Gasteiger partial charge on any atom is 0.279 e. The summed E-state index contributed by atoms with van der Waals surface area (Å²) in [5, 5.41) is 4.40. The molecule has 10 heteroatoms. The van der Waals surface area contributed by atoms with Gasteiger partial charge < -0.3 is 0 Å². The molecule has 3 aromatic carbocycles. The van der Waals surface area contributed by atoms with E-state index < -0.39 is 31.9 Å². The maximum absolute atomic E-state index is 14.7. The minimum Gasteiger partial charge on any atom is -0.284 e. The third kappa shape index (κ3) is 4.83. The molecule has 0 aliphatic carbocycles. The van der Waals surface area contributed by atoms with Gasteiger partial charge in [-0.25, -0.2) is 12.8 Å². The van der Waals surface area contributed by atoms with E-state index in [1.165, 1.54) is 31.2 Å². The lowest BCUT2D eigenvalue weighted by atomic mass is 9.98. The van der Waals surface area contributed by atoms with Gasteiger partial charge in [0, 0.05) is 17.7 Å². The Balaban J connectivity index is 1.78. The van der Waals surface area contributed by atoms with E-state index >= 15 is 0 Å². The third-order valence-electron chi connectivity index (χ3n) is 5.55. The average molecular weight is 502 g/mol. The number of halogens is 1. The highest BCUT2D eigenvalue weighted by Gasteiger charge is 2.38. The summed E-state index contributed by atoms with van der Waals surface area (Å²) in [4.78, 5) is 0.0499. The van der Waals surface area contributed by atoms with Crippen LogP contribution in [-0.4, -0.2) is 32.7 Å². The van der Waals surface area contributed by atoms with Gasteiger partial charge in [0.15, 0.2) is 0 Å². The number of hydrazone groups is 1. The molecular weight excluding hydrogens is 477 g/mol. The Morgan fingerprint density at radius 1 is 1.00 bits per heavy atom. The summed E-state index contributed by atoms with van der Waals surface area (Å²) in [5.41, 5.74) is 2.39. The summed E-state index contributed by atoms with van der Waals surface area (Å²) in [5.74, 6) is -0.617. The van der Waals surface area contributed by atoms with E-state index in [9.17, 15) is 21.2 Å². The van der Waals surface area contributed by atoms with Crippen LogP contribution in [-0.2, 0) is 20.0 Å². The SMILES string of the molecule is CCS(=O)(=O)Nc1cccc(C2=NN(S(=O)(=O)c3ccc(C)cc3)[C@H](c3ccccc3F)C2)c1. The first-order valence-electron chi connectivity index (χ1n) is 10.6. The Kier molecular flexibility index (Phi) is 6.46. The van der Waals surface area contributed by atoms with Crippen LogP contribution in [0.15, 0.2) is 82.8 Å². The predicted octanol–water partition coefficient (Wildman–Crippen LogP) is 4.44. The largest absolute Gasteiger partial charge is 0.284 e. The van der Waals surface area contributed by atoms with Crippen molar-refractivity contribution in [1.82, 2.24) is 4.41 Å². The highest BCUT2D eigenvalue weighted by Crippen LogP contribution is 2.38. The Hall–Kier alpha value is -3.24. The molecule has 0 radical (unpaired) electrons. The predicted molar refractivity (Wildman–Crippen MR) is 130 cm³/mol. The Bertz CT molecular complexity index is 1450. The van der Waals surface area contributed by atoms with Crippen LogP contribution >= 0.6 is 0 Å². The number of sulfonamides is 2. The molecule has 0 aromatic heterocycles. The molecule has 178 valence electrons. The van der Waals surface area contributed by atoms with Crippen molar-refractivity contribution >= 4 is 31.4 Å². The van der Waals surface area contributed by atoms with Crippen molar-refractivity contribution in [3.8, 4) is 0 Å². The molecule has 1 atom stereocenters. The van der Waals surface area contributed by atoms with Crippen LogP contribution in [0.3, 0.4) is 0 Å². The fourth-order valence-electron chi connectivity index (χ4n) is 3.69. The van der Waals surface area contributed by atoms with Crippen LogP contribution in [0.25, 0.3) is 0 Å². The van der Waals surface area contributed by atoms with Crippen molar-refractivity contribution in [2.45, 2.75) is 31.2 Å². The summed E-state index contributed by atoms with van der Waals surface area (Å²) in [7, 11) is -7.58. The summed E-state index contributed by atoms with van der Waals surface area (Å²) in [6, 6.07) is 18.0. The number of benzene rings is 3. The molecule has 0 bridgehead atoms. The summed E-state index contributed by atoms with van der Waals surface area (Å²) in [6.07, 6.45) is 0.121. The summed E-state index contributed by atoms with van der Waals surface area (Å²) in [6.45, 7) is 3.38. The van der Waals surface area contributed by atoms with Gasteiger partial charge in [-0.1, -0.05) is 48.0 Å². The normalized spacial score (nSPS) is 16.4. The van der Waals surface area contributed by atoms with Gasteiger partial charge >= 0.3 is 0 Å². The highest BCUT2D eigenvalue weighted by molar-refractivity contribution is 7.92. The molecule has 0 saturated heterocycles. The van der Waals surface area contributed by atoms with E-state index in [1.54, 1.807) is 48.5 Å². The molecule has 0 unspecified atom stereocenters. The fraction of sp³-hybridized carbons (Fsp3) is 0.208. The van der Waals surface area contributed by atoms with E-state index in [0.717, 1.165) is 9.98 Å². The third-order valence-corrected chi connectivity index (χ3v) is 8.55. The molecular formula is C24H24FN3O4S2. The minimum absolute atomic E-state index is 0.0499. The molecule has 1 heterocycles. The zero-order valence-electron chi connectivity index (χ0n) is 18.6. The topological polar surface area (TPSA) is 95.9 Å². The van der Waals surface area contributed by atoms with Gasteiger partial charge in [0.2, 0.25) is 10.0 Å². The molecule has 0 fully saturated rings. The molecule has 7 nitrogen and oxygen atoms in total. The van der Waals surface area contributed by atoms with Crippen LogP contribution in [0.1, 0.15) is 36.1 Å². The molecule has 34 heavy (non-hydrogen) atoms. The molecule has 0 amide bonds. The van der Waals surface area contributed by atoms with Crippen molar-refractivity contribution < 1.29 is 21.2 Å². The average Bonchev–Trinajstić information content (AvgIpc) is 3.26. The van der Waals surface area contributed by atoms with Crippen LogP contribution < -0.4 is 4.72 Å². The lowest BCUT2D eigenvalue weighted by Gasteiger charge is -2.23. The van der Waals surface area contributed by atoms with Crippen molar-refractivity contribution in [1.29, 1.82) is 0 Å². The zero-order chi connectivity index (χ0) is 24.5. The van der Waals surface area contributed by atoms with Crippen molar-refractivity contribution in [2.24, 2.45) is 5.10 Å². The number of anilines is 1. The van der Waals surface area contributed by atoms with Crippen LogP contribution in [0.2, 0.25) is 0 Å². The monoisotopic (exact) mass is 501 g/mol. The molecule has 1 N–H and O–H groups in total. The first-order valence-corrected chi connectivity index (χ1v) is 13.7. The maximum atomic E-state index is 14.7. The fourth-order valence-corrected chi connectivity index (χ4v) is 5.75. The van der Waals surface area contributed by atoms with E-state index in [1.807, 2.05) is 6.92 Å². The van der Waals surface area contributed by atoms with Crippen LogP contribution in [0.5, 0.6) is 0 Å². The number of rotatable bonds is 7. The second-order valence-corrected chi connectivity index (χ2v) is 11.8. The number of nitrogens with one attached hydrogen (secondary N) is 1. The Morgan fingerprint density at radius 2 is 1.71 bits per heavy atom. The number of nitrogens with zero attached hydrogens (tertiary/aromatic N) is 2. The lowest BCUT2D eigenvalue weighted by molar-refractivity contribution is 0.362. The first kappa shape index (κ1) is 23.9. The lowest BCUT2D eigenvalue weighted by Crippen LogP contribution is -2.28. The van der Waals surface area contributed by atoms with Gasteiger partial charge in [-0.05, 0) is 49.7 Å². The summed E-state index contributed by atoms with van der Waals surface area (Å²) >= 11 is 0. The van der Waals surface area contributed by atoms with Gasteiger partial charge in [-0.3, -0.25) is 4.72 Å². The second kappa shape index (κ2) is 9.19. The van der Waals surface area contributed by atoms with Crippen molar-refractivity contribution in [2.75, 3.05) is 10.5 Å². The quantitative estimate of drug-likeness (QED) is 0.518. The van der Waals surface area contributed by atoms with E-state index in [-0.39, 0.29) is 22.6 Å². The van der Waals surface area contributed by atoms with Gasteiger partial charge in [-0.15, -0.1) is 0 Å². The Labute approximate surface area is 199 Å². The number of aryl methyl sites for hydroxylation is 1. The minimum atomic E-state index is -4.09. The standard InChI is InChI=1S/C24H24FN3O4S2/c1-3-33(29,30)27-19-8-6-7-18(15-19)23-16-24(21-9-4-5-10-22(21)25)28(26-23)34(31,32)20-13-11-17(2)12-14-20/h4-15,24,27H,3,16H2,1-2H3/t24-/m0/s1. The van der Waals surface area contributed by atoms with E-state index in [4.69, 9.17) is 0 Å². The molecule has 4 rings (SSSR count). The van der Waals surface area contributed by atoms with Gasteiger partial charge in [0.05, 0.1) is 22.4 Å². The highest BCUT2D eigenvalue weighted by atomic mass is 32.2. The molecule has 0 saturated carbocycles. The summed E-state index contributed by atoms with van der Waals surface area (Å²) < 4.78 is 69.1. The smallest absolute Gasteiger partial charge is 0.279 e. The van der Waals surface area contributed by atoms with E-state index in [2.05, 4.69) is 9.82 Å². The first-order chi connectivity index (χ1) is 16.1. The zero-order valence-corrected chi connectivity index (χ0v) is 20.3. The number of hydrogen-bond donors (Lipinski definition) is 1. The number of hydrogen-bond acceptors (Lipinski definition) is 5. The van der Waals surface area contributed by atoms with Crippen molar-refractivity contribution in [3.05, 3.63) is 95.3 Å².